The summed E-state index contributed by atoms with van der Waals surface area (Å²) in [5, 5.41) is 2.41. The fourth-order valence-electron chi connectivity index (χ4n) is 2.96. The number of hydrogen-bond donors (Lipinski definition) is 0. The minimum Gasteiger partial charge on any atom is -0.487 e. The van der Waals surface area contributed by atoms with Crippen LogP contribution >= 0.6 is 0 Å². The monoisotopic (exact) mass is 286 g/mol. The summed E-state index contributed by atoms with van der Waals surface area (Å²) in [6.07, 6.45) is 0.818. The first-order valence-corrected chi connectivity index (χ1v) is 7.47. The number of fused-ring (bicyclic) bond motifs is 1. The Morgan fingerprint density at radius 1 is 0.857 bits per heavy atom. The maximum Gasteiger partial charge on any atom is 0.127 e. The van der Waals surface area contributed by atoms with Gasteiger partial charge in [-0.15, -0.1) is 0 Å². The standard InChI is InChI=1S/C19H26O2/c1-14-9-7-11-16-15(14)10-8-12-17(16)21-19(4,5)13-18(2,3)20-6/h7-12H,13H2,1-6H3. The quantitative estimate of drug-likeness (QED) is 0.759. The highest BCUT2D eigenvalue weighted by molar-refractivity contribution is 5.90. The van der Waals surface area contributed by atoms with E-state index in [-0.39, 0.29) is 11.2 Å². The Bertz CT molecular complexity index is 626. The minimum absolute atomic E-state index is 0.204. The average molecular weight is 286 g/mol. The zero-order chi connectivity index (χ0) is 15.7. The summed E-state index contributed by atoms with van der Waals surface area (Å²) in [5.74, 6) is 0.938. The predicted molar refractivity (Wildman–Crippen MR) is 89.1 cm³/mol. The van der Waals surface area contributed by atoms with Crippen molar-refractivity contribution in [2.45, 2.75) is 52.2 Å². The molecule has 114 valence electrons. The van der Waals surface area contributed by atoms with Crippen LogP contribution in [-0.4, -0.2) is 18.3 Å². The van der Waals surface area contributed by atoms with Crippen LogP contribution in [0.4, 0.5) is 0 Å². The molecule has 0 aliphatic rings. The Hall–Kier alpha value is -1.54. The van der Waals surface area contributed by atoms with Gasteiger partial charge < -0.3 is 9.47 Å². The van der Waals surface area contributed by atoms with Crippen molar-refractivity contribution in [3.05, 3.63) is 42.0 Å². The Balaban J connectivity index is 2.33. The van der Waals surface area contributed by atoms with Gasteiger partial charge >= 0.3 is 0 Å². The van der Waals surface area contributed by atoms with Crippen molar-refractivity contribution in [3.8, 4) is 5.75 Å². The van der Waals surface area contributed by atoms with E-state index >= 15 is 0 Å². The number of hydrogen-bond acceptors (Lipinski definition) is 2. The first kappa shape index (κ1) is 15.8. The third-order valence-corrected chi connectivity index (χ3v) is 3.89. The third kappa shape index (κ3) is 3.76. The molecule has 0 atom stereocenters. The molecule has 0 unspecified atom stereocenters. The van der Waals surface area contributed by atoms with E-state index in [1.165, 1.54) is 16.3 Å². The zero-order valence-corrected chi connectivity index (χ0v) is 14.0. The van der Waals surface area contributed by atoms with Crippen LogP contribution in [0.3, 0.4) is 0 Å². The van der Waals surface area contributed by atoms with E-state index in [0.717, 1.165) is 12.2 Å². The number of ether oxygens (including phenoxy) is 2. The minimum atomic E-state index is -0.294. The second-order valence-corrected chi connectivity index (χ2v) is 6.93. The van der Waals surface area contributed by atoms with Crippen LogP contribution in [0.5, 0.6) is 5.75 Å². The average Bonchev–Trinajstić information content (AvgIpc) is 2.38. The molecule has 21 heavy (non-hydrogen) atoms. The molecule has 0 fully saturated rings. The van der Waals surface area contributed by atoms with Gasteiger partial charge in [0, 0.05) is 18.9 Å². The summed E-state index contributed by atoms with van der Waals surface area (Å²) in [6.45, 7) is 10.5. The lowest BCUT2D eigenvalue weighted by Gasteiger charge is -2.34. The van der Waals surface area contributed by atoms with Crippen LogP contribution in [0, 0.1) is 6.92 Å². The van der Waals surface area contributed by atoms with Crippen molar-refractivity contribution in [1.82, 2.24) is 0 Å². The predicted octanol–water partition coefficient (Wildman–Crippen LogP) is 5.12. The molecular weight excluding hydrogens is 260 g/mol. The third-order valence-electron chi connectivity index (χ3n) is 3.89. The fourth-order valence-corrected chi connectivity index (χ4v) is 2.96. The highest BCUT2D eigenvalue weighted by atomic mass is 16.5. The lowest BCUT2D eigenvalue weighted by atomic mass is 9.92. The second kappa shape index (κ2) is 5.69. The smallest absolute Gasteiger partial charge is 0.127 e. The molecule has 2 nitrogen and oxygen atoms in total. The summed E-state index contributed by atoms with van der Waals surface area (Å²) >= 11 is 0. The SMILES string of the molecule is COC(C)(C)CC(C)(C)Oc1cccc2c(C)cccc12. The van der Waals surface area contributed by atoms with Crippen molar-refractivity contribution < 1.29 is 9.47 Å². The van der Waals surface area contributed by atoms with Gasteiger partial charge in [0.05, 0.1) is 5.60 Å². The molecule has 0 amide bonds. The molecule has 0 aliphatic heterocycles. The van der Waals surface area contributed by atoms with Crippen LogP contribution in [0.1, 0.15) is 39.7 Å². The van der Waals surface area contributed by atoms with Gasteiger partial charge in [-0.3, -0.25) is 0 Å². The molecular formula is C19H26O2. The topological polar surface area (TPSA) is 18.5 Å². The molecule has 0 bridgehead atoms. The van der Waals surface area contributed by atoms with Crippen molar-refractivity contribution in [1.29, 1.82) is 0 Å². The highest BCUT2D eigenvalue weighted by Crippen LogP contribution is 2.33. The maximum absolute atomic E-state index is 6.33. The summed E-state index contributed by atoms with van der Waals surface area (Å²) < 4.78 is 11.9. The molecule has 2 aromatic rings. The Morgan fingerprint density at radius 2 is 1.48 bits per heavy atom. The largest absolute Gasteiger partial charge is 0.487 e. The van der Waals surface area contributed by atoms with E-state index in [1.54, 1.807) is 7.11 Å². The van der Waals surface area contributed by atoms with Crippen LogP contribution in [-0.2, 0) is 4.74 Å². The van der Waals surface area contributed by atoms with Crippen molar-refractivity contribution in [3.63, 3.8) is 0 Å². The summed E-state index contributed by atoms with van der Waals surface area (Å²) in [6, 6.07) is 12.6. The van der Waals surface area contributed by atoms with Gasteiger partial charge in [-0.2, -0.15) is 0 Å². The molecule has 0 N–H and O–H groups in total. The number of methoxy groups -OCH3 is 1. The summed E-state index contributed by atoms with van der Waals surface area (Å²) in [7, 11) is 1.75. The normalized spacial score (nSPS) is 12.7. The molecule has 0 aromatic heterocycles. The van der Waals surface area contributed by atoms with Gasteiger partial charge in [0.2, 0.25) is 0 Å². The van der Waals surface area contributed by atoms with Crippen molar-refractivity contribution in [2.24, 2.45) is 0 Å². The van der Waals surface area contributed by atoms with Gasteiger partial charge in [-0.05, 0) is 51.6 Å². The first-order chi connectivity index (χ1) is 9.74. The summed E-state index contributed by atoms with van der Waals surface area (Å²) in [5.41, 5.74) is 0.773. The molecule has 0 saturated heterocycles. The first-order valence-electron chi connectivity index (χ1n) is 7.47. The van der Waals surface area contributed by atoms with Crippen molar-refractivity contribution in [2.75, 3.05) is 7.11 Å². The molecule has 0 spiro atoms. The molecule has 2 rings (SSSR count). The second-order valence-electron chi connectivity index (χ2n) is 6.93. The molecule has 0 aliphatic carbocycles. The van der Waals surface area contributed by atoms with Gasteiger partial charge in [-0.1, -0.05) is 30.3 Å². The Kier molecular flexibility index (Phi) is 4.29. The van der Waals surface area contributed by atoms with E-state index in [0.29, 0.717) is 0 Å². The molecule has 2 heteroatoms. The lowest BCUT2D eigenvalue weighted by molar-refractivity contribution is -0.0398. The van der Waals surface area contributed by atoms with E-state index in [2.05, 4.69) is 65.0 Å². The van der Waals surface area contributed by atoms with Gasteiger partial charge in [-0.25, -0.2) is 0 Å². The zero-order valence-electron chi connectivity index (χ0n) is 14.0. The van der Waals surface area contributed by atoms with Gasteiger partial charge in [0.25, 0.3) is 0 Å². The number of rotatable bonds is 5. The van der Waals surface area contributed by atoms with Crippen LogP contribution < -0.4 is 4.74 Å². The fraction of sp³-hybridized carbons (Fsp3) is 0.474. The number of benzene rings is 2. The van der Waals surface area contributed by atoms with E-state index < -0.39 is 0 Å². The van der Waals surface area contributed by atoms with E-state index in [9.17, 15) is 0 Å². The lowest BCUT2D eigenvalue weighted by Crippen LogP contribution is -2.38. The molecule has 0 saturated carbocycles. The highest BCUT2D eigenvalue weighted by Gasteiger charge is 2.30. The maximum atomic E-state index is 6.33. The molecule has 0 radical (unpaired) electrons. The van der Waals surface area contributed by atoms with Crippen LogP contribution in [0.2, 0.25) is 0 Å². The Labute approximate surface area is 128 Å². The van der Waals surface area contributed by atoms with Gasteiger partial charge in [0.15, 0.2) is 0 Å². The number of aryl methyl sites for hydroxylation is 1. The van der Waals surface area contributed by atoms with Crippen molar-refractivity contribution >= 4 is 10.8 Å². The van der Waals surface area contributed by atoms with E-state index in [1.807, 2.05) is 6.07 Å². The van der Waals surface area contributed by atoms with Crippen LogP contribution in [0.25, 0.3) is 10.8 Å². The Morgan fingerprint density at radius 3 is 2.14 bits per heavy atom. The van der Waals surface area contributed by atoms with E-state index in [4.69, 9.17) is 9.47 Å². The summed E-state index contributed by atoms with van der Waals surface area (Å²) in [4.78, 5) is 0. The van der Waals surface area contributed by atoms with Gasteiger partial charge in [0.1, 0.15) is 11.4 Å². The molecule has 2 aromatic carbocycles. The van der Waals surface area contributed by atoms with Crippen LogP contribution in [0.15, 0.2) is 36.4 Å². The molecule has 0 heterocycles.